The van der Waals surface area contributed by atoms with Gasteiger partial charge in [0.05, 0.1) is 5.75 Å². The van der Waals surface area contributed by atoms with Crippen LogP contribution in [0.5, 0.6) is 0 Å². The molecule has 0 rings (SSSR count). The van der Waals surface area contributed by atoms with E-state index < -0.39 is 15.3 Å². The van der Waals surface area contributed by atoms with Gasteiger partial charge in [-0.2, -0.15) is 0 Å². The van der Waals surface area contributed by atoms with E-state index in [1.165, 1.54) is 0 Å². The Bertz CT molecular complexity index is 209. The molecule has 0 aliphatic heterocycles. The van der Waals surface area contributed by atoms with Crippen LogP contribution < -0.4 is 0 Å². The Morgan fingerprint density at radius 1 is 1.15 bits per heavy atom. The Balaban J connectivity index is 3.77. The molecule has 0 spiro atoms. The van der Waals surface area contributed by atoms with Gasteiger partial charge in [0.15, 0.2) is 15.3 Å². The lowest BCUT2D eigenvalue weighted by Gasteiger charge is -2.08. The topological polar surface area (TPSA) is 54.4 Å². The van der Waals surface area contributed by atoms with Crippen molar-refractivity contribution in [3.05, 3.63) is 0 Å². The van der Waals surface area contributed by atoms with Gasteiger partial charge in [-0.05, 0) is 12.8 Å². The van der Waals surface area contributed by atoms with Crippen molar-refractivity contribution >= 4 is 9.84 Å². The normalized spacial score (nSPS) is 14.4. The Kier molecular flexibility index (Phi) is 6.33. The maximum absolute atomic E-state index is 11.3. The summed E-state index contributed by atoms with van der Waals surface area (Å²) in [6, 6.07) is 0. The number of aliphatic hydroxyl groups excluding tert-OH is 1. The van der Waals surface area contributed by atoms with E-state index in [1.807, 2.05) is 0 Å². The molecule has 0 aromatic rings. The van der Waals surface area contributed by atoms with Gasteiger partial charge in [0.1, 0.15) is 0 Å². The zero-order valence-corrected chi connectivity index (χ0v) is 9.31. The fraction of sp³-hybridized carbons (Fsp3) is 1.00. The van der Waals surface area contributed by atoms with Crippen LogP contribution in [0, 0.1) is 0 Å². The predicted octanol–water partition coefficient (Wildman–Crippen LogP) is 1.71. The van der Waals surface area contributed by atoms with E-state index in [2.05, 4.69) is 6.92 Å². The number of sulfone groups is 1. The highest BCUT2D eigenvalue weighted by molar-refractivity contribution is 7.91. The van der Waals surface area contributed by atoms with Crippen LogP contribution in [0.15, 0.2) is 0 Å². The highest BCUT2D eigenvalue weighted by Crippen LogP contribution is 2.08. The molecule has 0 bridgehead atoms. The second-order valence-electron chi connectivity index (χ2n) is 3.29. The molecule has 1 atom stereocenters. The third kappa shape index (κ3) is 5.26. The zero-order valence-electron chi connectivity index (χ0n) is 8.49. The van der Waals surface area contributed by atoms with Crippen LogP contribution in [0.1, 0.15) is 46.0 Å². The number of aliphatic hydroxyl groups is 1. The van der Waals surface area contributed by atoms with Crippen LogP contribution in [-0.4, -0.2) is 24.7 Å². The van der Waals surface area contributed by atoms with E-state index in [4.69, 9.17) is 5.11 Å². The first-order chi connectivity index (χ1) is 6.04. The SMILES string of the molecule is CCCCCCS(=O)(=O)C(O)CC. The van der Waals surface area contributed by atoms with Crippen molar-refractivity contribution in [3.63, 3.8) is 0 Å². The van der Waals surface area contributed by atoms with Crippen molar-refractivity contribution in [2.24, 2.45) is 0 Å². The van der Waals surface area contributed by atoms with Gasteiger partial charge in [0.25, 0.3) is 0 Å². The smallest absolute Gasteiger partial charge is 0.176 e. The molecular formula is C9H20O3S. The minimum Gasteiger partial charge on any atom is -0.377 e. The summed E-state index contributed by atoms with van der Waals surface area (Å²) in [5, 5.41) is 9.15. The average Bonchev–Trinajstić information content (AvgIpc) is 2.11. The van der Waals surface area contributed by atoms with Crippen LogP contribution in [0.25, 0.3) is 0 Å². The molecule has 80 valence electrons. The molecule has 0 saturated heterocycles. The van der Waals surface area contributed by atoms with E-state index in [0.29, 0.717) is 6.42 Å². The Morgan fingerprint density at radius 3 is 2.23 bits per heavy atom. The van der Waals surface area contributed by atoms with Gasteiger partial charge >= 0.3 is 0 Å². The van der Waals surface area contributed by atoms with Gasteiger partial charge in [0, 0.05) is 0 Å². The zero-order chi connectivity index (χ0) is 10.3. The fourth-order valence-electron chi connectivity index (χ4n) is 1.12. The standard InChI is InChI=1S/C9H20O3S/c1-3-5-6-7-8-13(11,12)9(10)4-2/h9-10H,3-8H2,1-2H3. The predicted molar refractivity (Wildman–Crippen MR) is 54.2 cm³/mol. The first-order valence-electron chi connectivity index (χ1n) is 4.94. The highest BCUT2D eigenvalue weighted by atomic mass is 32.2. The van der Waals surface area contributed by atoms with E-state index >= 15 is 0 Å². The van der Waals surface area contributed by atoms with Crippen LogP contribution in [0.4, 0.5) is 0 Å². The minimum atomic E-state index is -3.24. The molecule has 13 heavy (non-hydrogen) atoms. The monoisotopic (exact) mass is 208 g/mol. The Morgan fingerprint density at radius 2 is 1.77 bits per heavy atom. The maximum atomic E-state index is 11.3. The Hall–Kier alpha value is -0.0900. The maximum Gasteiger partial charge on any atom is 0.176 e. The average molecular weight is 208 g/mol. The minimum absolute atomic E-state index is 0.127. The van der Waals surface area contributed by atoms with Crippen LogP contribution in [0.3, 0.4) is 0 Å². The van der Waals surface area contributed by atoms with Crippen molar-refractivity contribution in [3.8, 4) is 0 Å². The molecule has 0 aromatic heterocycles. The lowest BCUT2D eigenvalue weighted by molar-refractivity contribution is 0.244. The summed E-state index contributed by atoms with van der Waals surface area (Å²) in [4.78, 5) is 0. The fourth-order valence-corrected chi connectivity index (χ4v) is 2.51. The summed E-state index contributed by atoms with van der Waals surface area (Å²) in [6.07, 6.45) is 4.06. The van der Waals surface area contributed by atoms with Crippen molar-refractivity contribution in [1.29, 1.82) is 0 Å². The molecule has 3 nitrogen and oxygen atoms in total. The third-order valence-corrected chi connectivity index (χ3v) is 4.07. The van der Waals surface area contributed by atoms with Gasteiger partial charge in [-0.15, -0.1) is 0 Å². The molecular weight excluding hydrogens is 188 g/mol. The summed E-state index contributed by atoms with van der Waals surface area (Å²) >= 11 is 0. The van der Waals surface area contributed by atoms with E-state index in [0.717, 1.165) is 19.3 Å². The Labute approximate surface area is 81.1 Å². The summed E-state index contributed by atoms with van der Waals surface area (Å²) in [7, 11) is -3.24. The lowest BCUT2D eigenvalue weighted by Crippen LogP contribution is -2.22. The van der Waals surface area contributed by atoms with Crippen LogP contribution >= 0.6 is 0 Å². The molecule has 0 saturated carbocycles. The third-order valence-electron chi connectivity index (χ3n) is 2.05. The molecule has 0 amide bonds. The quantitative estimate of drug-likeness (QED) is 0.648. The molecule has 0 fully saturated rings. The summed E-state index contributed by atoms with van der Waals surface area (Å²) in [5.74, 6) is 0.127. The highest BCUT2D eigenvalue weighted by Gasteiger charge is 2.19. The molecule has 0 aliphatic rings. The summed E-state index contributed by atoms with van der Waals surface area (Å²) < 4.78 is 22.5. The van der Waals surface area contributed by atoms with Crippen molar-refractivity contribution < 1.29 is 13.5 Å². The molecule has 0 heterocycles. The van der Waals surface area contributed by atoms with Gasteiger partial charge in [0.2, 0.25) is 0 Å². The van der Waals surface area contributed by atoms with E-state index in [-0.39, 0.29) is 12.2 Å². The van der Waals surface area contributed by atoms with Crippen LogP contribution in [-0.2, 0) is 9.84 Å². The van der Waals surface area contributed by atoms with Crippen LogP contribution in [0.2, 0.25) is 0 Å². The number of hydrogen-bond donors (Lipinski definition) is 1. The second-order valence-corrected chi connectivity index (χ2v) is 5.57. The molecule has 4 heteroatoms. The van der Waals surface area contributed by atoms with Gasteiger partial charge in [-0.1, -0.05) is 33.1 Å². The van der Waals surface area contributed by atoms with Crippen molar-refractivity contribution in [2.45, 2.75) is 51.4 Å². The molecule has 0 aromatic carbocycles. The number of unbranched alkanes of at least 4 members (excludes halogenated alkanes) is 3. The first-order valence-corrected chi connectivity index (χ1v) is 6.65. The van der Waals surface area contributed by atoms with Gasteiger partial charge < -0.3 is 5.11 Å². The summed E-state index contributed by atoms with van der Waals surface area (Å²) in [5.41, 5.74) is -1.16. The van der Waals surface area contributed by atoms with E-state index in [9.17, 15) is 8.42 Å². The van der Waals surface area contributed by atoms with Gasteiger partial charge in [-0.25, -0.2) is 8.42 Å². The lowest BCUT2D eigenvalue weighted by atomic mass is 10.2. The molecule has 1 N–H and O–H groups in total. The molecule has 0 aliphatic carbocycles. The largest absolute Gasteiger partial charge is 0.377 e. The van der Waals surface area contributed by atoms with Crippen molar-refractivity contribution in [1.82, 2.24) is 0 Å². The number of rotatable bonds is 7. The van der Waals surface area contributed by atoms with Crippen molar-refractivity contribution in [2.75, 3.05) is 5.75 Å². The molecule has 0 radical (unpaired) electrons. The first kappa shape index (κ1) is 12.9. The summed E-state index contributed by atoms with van der Waals surface area (Å²) in [6.45, 7) is 3.75. The second kappa shape index (κ2) is 6.38. The number of hydrogen-bond acceptors (Lipinski definition) is 3. The molecule has 1 unspecified atom stereocenters. The van der Waals surface area contributed by atoms with Gasteiger partial charge in [-0.3, -0.25) is 0 Å². The van der Waals surface area contributed by atoms with E-state index in [1.54, 1.807) is 6.92 Å².